The SMILES string of the molecule is CCCNC(=O)[C@H]1[C@@H]2OC3(CC2Br)C(C(=O)Nc2ccc4ccccc4c2)N(CCCCCO)C(=O)[C@H]13. The van der Waals surface area contributed by atoms with Crippen LogP contribution in [-0.4, -0.2) is 70.0 Å². The number of fused-ring (bicyclic) bond motifs is 2. The first-order valence-electron chi connectivity index (χ1n) is 13.2. The highest BCUT2D eigenvalue weighted by Gasteiger charge is 2.76. The minimum Gasteiger partial charge on any atom is -0.396 e. The highest BCUT2D eigenvalue weighted by molar-refractivity contribution is 9.09. The normalized spacial score (nSPS) is 30.1. The number of aliphatic hydroxyl groups is 1. The summed E-state index contributed by atoms with van der Waals surface area (Å²) in [6.45, 7) is 2.97. The first-order valence-corrected chi connectivity index (χ1v) is 14.1. The second kappa shape index (κ2) is 10.7. The number of nitrogens with zero attached hydrogens (tertiary/aromatic N) is 1. The number of aliphatic hydroxyl groups excluding tert-OH is 1. The predicted octanol–water partition coefficient (Wildman–Crippen LogP) is 3.22. The number of likely N-dealkylation sites (tertiary alicyclic amines) is 1. The average Bonchev–Trinajstić information content (AvgIpc) is 3.48. The zero-order valence-electron chi connectivity index (χ0n) is 21.0. The van der Waals surface area contributed by atoms with E-state index >= 15 is 0 Å². The molecule has 3 unspecified atom stereocenters. The summed E-state index contributed by atoms with van der Waals surface area (Å²) >= 11 is 3.69. The van der Waals surface area contributed by atoms with E-state index in [0.29, 0.717) is 38.0 Å². The Bertz CT molecular complexity index is 1190. The van der Waals surface area contributed by atoms with Gasteiger partial charge in [0.1, 0.15) is 11.6 Å². The average molecular weight is 573 g/mol. The van der Waals surface area contributed by atoms with Gasteiger partial charge >= 0.3 is 0 Å². The van der Waals surface area contributed by atoms with E-state index in [1.165, 1.54) is 0 Å². The highest BCUT2D eigenvalue weighted by Crippen LogP contribution is 2.60. The van der Waals surface area contributed by atoms with Gasteiger partial charge in [-0.2, -0.15) is 0 Å². The van der Waals surface area contributed by atoms with Gasteiger partial charge in [0.2, 0.25) is 17.7 Å². The fraction of sp³-hybridized carbons (Fsp3) is 0.536. The van der Waals surface area contributed by atoms with E-state index in [-0.39, 0.29) is 29.2 Å². The van der Waals surface area contributed by atoms with Crippen molar-refractivity contribution in [2.75, 3.05) is 25.0 Å². The fourth-order valence-corrected chi connectivity index (χ4v) is 7.33. The van der Waals surface area contributed by atoms with Gasteiger partial charge in [-0.3, -0.25) is 14.4 Å². The third kappa shape index (κ3) is 4.55. The van der Waals surface area contributed by atoms with E-state index in [4.69, 9.17) is 4.74 Å². The molecule has 8 nitrogen and oxygen atoms in total. The van der Waals surface area contributed by atoms with Crippen molar-refractivity contribution in [3.8, 4) is 0 Å². The van der Waals surface area contributed by atoms with Crippen LogP contribution in [0.5, 0.6) is 0 Å². The van der Waals surface area contributed by atoms with Gasteiger partial charge in [-0.25, -0.2) is 0 Å². The maximum atomic E-state index is 13.9. The number of anilines is 1. The van der Waals surface area contributed by atoms with Crippen LogP contribution in [0.15, 0.2) is 42.5 Å². The summed E-state index contributed by atoms with van der Waals surface area (Å²) in [5, 5.41) is 17.3. The van der Waals surface area contributed by atoms with Crippen LogP contribution in [0.4, 0.5) is 5.69 Å². The lowest BCUT2D eigenvalue weighted by atomic mass is 9.70. The van der Waals surface area contributed by atoms with Gasteiger partial charge in [-0.05, 0) is 55.0 Å². The summed E-state index contributed by atoms with van der Waals surface area (Å²) in [6, 6.07) is 12.8. The lowest BCUT2D eigenvalue weighted by Crippen LogP contribution is -2.54. The van der Waals surface area contributed by atoms with Crippen molar-refractivity contribution in [1.29, 1.82) is 0 Å². The van der Waals surface area contributed by atoms with Crippen molar-refractivity contribution in [1.82, 2.24) is 10.2 Å². The van der Waals surface area contributed by atoms with Crippen molar-refractivity contribution in [3.05, 3.63) is 42.5 Å². The Labute approximate surface area is 225 Å². The summed E-state index contributed by atoms with van der Waals surface area (Å²) in [4.78, 5) is 42.5. The van der Waals surface area contributed by atoms with E-state index in [2.05, 4.69) is 26.6 Å². The zero-order valence-corrected chi connectivity index (χ0v) is 22.6. The quantitative estimate of drug-likeness (QED) is 0.300. The van der Waals surface area contributed by atoms with Crippen LogP contribution in [0.3, 0.4) is 0 Å². The number of hydrogen-bond acceptors (Lipinski definition) is 5. The number of benzene rings is 2. The second-order valence-electron chi connectivity index (χ2n) is 10.3. The number of alkyl halides is 1. The third-order valence-corrected chi connectivity index (χ3v) is 8.81. The molecule has 1 spiro atoms. The molecule has 6 atom stereocenters. The van der Waals surface area contributed by atoms with Gasteiger partial charge in [-0.15, -0.1) is 0 Å². The van der Waals surface area contributed by atoms with E-state index in [1.807, 2.05) is 49.4 Å². The molecule has 9 heteroatoms. The second-order valence-corrected chi connectivity index (χ2v) is 11.5. The number of nitrogens with one attached hydrogen (secondary N) is 2. The maximum absolute atomic E-state index is 13.9. The lowest BCUT2D eigenvalue weighted by molar-refractivity contribution is -0.140. The molecule has 3 fully saturated rings. The molecule has 2 bridgehead atoms. The number of carbonyl (C=O) groups is 3. The Hall–Kier alpha value is -2.49. The summed E-state index contributed by atoms with van der Waals surface area (Å²) in [7, 11) is 0. The summed E-state index contributed by atoms with van der Waals surface area (Å²) in [6.07, 6.45) is 2.84. The molecule has 3 amide bonds. The van der Waals surface area contributed by atoms with Crippen LogP contribution in [0.1, 0.15) is 39.0 Å². The molecule has 5 rings (SSSR count). The monoisotopic (exact) mass is 571 g/mol. The van der Waals surface area contributed by atoms with Gasteiger partial charge in [0.25, 0.3) is 0 Å². The Morgan fingerprint density at radius 3 is 2.68 bits per heavy atom. The number of unbranched alkanes of at least 4 members (excludes halogenated alkanes) is 2. The molecule has 0 aromatic heterocycles. The summed E-state index contributed by atoms with van der Waals surface area (Å²) in [5.41, 5.74) is -0.418. The van der Waals surface area contributed by atoms with E-state index in [1.54, 1.807) is 4.90 Å². The van der Waals surface area contributed by atoms with Crippen molar-refractivity contribution in [3.63, 3.8) is 0 Å². The molecule has 2 aromatic rings. The first-order chi connectivity index (χ1) is 17.9. The van der Waals surface area contributed by atoms with Gasteiger partial charge in [0.05, 0.1) is 17.9 Å². The number of ether oxygens (including phenoxy) is 1. The Morgan fingerprint density at radius 2 is 1.92 bits per heavy atom. The molecule has 198 valence electrons. The van der Waals surface area contributed by atoms with E-state index in [9.17, 15) is 19.5 Å². The number of carbonyl (C=O) groups excluding carboxylic acids is 3. The van der Waals surface area contributed by atoms with Gasteiger partial charge in [0, 0.05) is 30.2 Å². The van der Waals surface area contributed by atoms with E-state index in [0.717, 1.165) is 23.6 Å². The van der Waals surface area contributed by atoms with Crippen LogP contribution in [-0.2, 0) is 19.1 Å². The summed E-state index contributed by atoms with van der Waals surface area (Å²) < 4.78 is 6.51. The number of amides is 3. The molecule has 3 saturated heterocycles. The Morgan fingerprint density at radius 1 is 1.14 bits per heavy atom. The fourth-order valence-electron chi connectivity index (χ4n) is 6.38. The maximum Gasteiger partial charge on any atom is 0.250 e. The Kier molecular flexibility index (Phi) is 7.56. The molecule has 3 aliphatic heterocycles. The van der Waals surface area contributed by atoms with Gasteiger partial charge < -0.3 is 25.4 Å². The smallest absolute Gasteiger partial charge is 0.250 e. The van der Waals surface area contributed by atoms with Crippen molar-refractivity contribution in [2.45, 2.75) is 61.6 Å². The van der Waals surface area contributed by atoms with Gasteiger partial charge in [0.15, 0.2) is 0 Å². The summed E-state index contributed by atoms with van der Waals surface area (Å²) in [5.74, 6) is -2.03. The third-order valence-electron chi connectivity index (χ3n) is 7.96. The van der Waals surface area contributed by atoms with Crippen LogP contribution >= 0.6 is 15.9 Å². The minimum atomic E-state index is -1.07. The first kappa shape index (κ1) is 26.1. The largest absolute Gasteiger partial charge is 0.396 e. The topological polar surface area (TPSA) is 108 Å². The molecule has 3 N–H and O–H groups in total. The predicted molar refractivity (Wildman–Crippen MR) is 144 cm³/mol. The number of rotatable bonds is 10. The van der Waals surface area contributed by atoms with Crippen LogP contribution in [0.2, 0.25) is 0 Å². The standard InChI is InChI=1S/C28H34BrN3O5/c1-2-12-30-25(34)21-22-27(36)32(13-6-3-7-14-33)24(28(22)16-20(29)23(21)37-28)26(35)31-19-11-10-17-8-4-5-9-18(17)15-19/h4-5,8-11,15,20-24,33H,2-3,6-7,12-14,16H2,1H3,(H,30,34)(H,31,35)/t20?,21-,22+,23-,24?,28?/m1/s1. The van der Waals surface area contributed by atoms with Crippen molar-refractivity contribution in [2.24, 2.45) is 11.8 Å². The molecule has 3 heterocycles. The van der Waals surface area contributed by atoms with E-state index < -0.39 is 29.6 Å². The molecule has 0 aliphatic carbocycles. The highest BCUT2D eigenvalue weighted by atomic mass is 79.9. The Balaban J connectivity index is 1.46. The van der Waals surface area contributed by atoms with Crippen LogP contribution in [0.25, 0.3) is 10.8 Å². The number of halogens is 1. The molecule has 0 saturated carbocycles. The molecule has 0 radical (unpaired) electrons. The molecule has 2 aromatic carbocycles. The van der Waals surface area contributed by atoms with Gasteiger partial charge in [-0.1, -0.05) is 53.2 Å². The lowest BCUT2D eigenvalue weighted by Gasteiger charge is -2.34. The minimum absolute atomic E-state index is 0.0854. The van der Waals surface area contributed by atoms with Crippen molar-refractivity contribution >= 4 is 50.1 Å². The van der Waals surface area contributed by atoms with Crippen LogP contribution < -0.4 is 10.6 Å². The number of hydrogen-bond donors (Lipinski definition) is 3. The molecule has 3 aliphatic rings. The molecular weight excluding hydrogens is 538 g/mol. The van der Waals surface area contributed by atoms with Crippen LogP contribution in [0, 0.1) is 11.8 Å². The van der Waals surface area contributed by atoms with Crippen molar-refractivity contribution < 1.29 is 24.2 Å². The molecule has 37 heavy (non-hydrogen) atoms. The molecular formula is C28H34BrN3O5. The zero-order chi connectivity index (χ0) is 26.2.